The zero-order valence-corrected chi connectivity index (χ0v) is 22.4. The molecule has 0 aromatic heterocycles. The molecule has 0 aliphatic heterocycles. The molecule has 2 aromatic rings. The summed E-state index contributed by atoms with van der Waals surface area (Å²) in [4.78, 5) is 52.2. The second-order valence-electron chi connectivity index (χ2n) is 10.9. The zero-order valence-electron chi connectivity index (χ0n) is 22.4. The van der Waals surface area contributed by atoms with Crippen LogP contribution in [0.25, 0.3) is 16.9 Å². The summed E-state index contributed by atoms with van der Waals surface area (Å²) in [5, 5.41) is 36.6. The van der Waals surface area contributed by atoms with E-state index in [4.69, 9.17) is 5.73 Å². The number of aliphatic hydroxyl groups is 2. The number of phenols is 1. The molecule has 10 heteroatoms. The molecule has 6 N–H and O–H groups in total. The number of benzene rings is 2. The van der Waals surface area contributed by atoms with Gasteiger partial charge in [0.2, 0.25) is 17.5 Å². The van der Waals surface area contributed by atoms with Crippen molar-refractivity contribution < 1.29 is 34.5 Å². The molecule has 208 valence electrons. The van der Waals surface area contributed by atoms with Gasteiger partial charge in [-0.2, -0.15) is 0 Å². The van der Waals surface area contributed by atoms with E-state index < -0.39 is 52.3 Å². The molecule has 0 radical (unpaired) electrons. The highest BCUT2D eigenvalue weighted by atomic mass is 16.3. The second kappa shape index (κ2) is 9.72. The normalized spacial score (nSPS) is 25.6. The average Bonchev–Trinajstić information content (AvgIpc) is 2.89. The molecule has 0 unspecified atom stereocenters. The molecule has 0 spiro atoms. The monoisotopic (exact) mass is 545 g/mol. The Morgan fingerprint density at radius 3 is 2.35 bits per heavy atom. The first-order chi connectivity index (χ1) is 18.9. The number of aliphatic hydroxyl groups excluding tert-OH is 1. The molecule has 0 bridgehead atoms. The Morgan fingerprint density at radius 2 is 1.75 bits per heavy atom. The maximum atomic E-state index is 13.9. The molecule has 3 aliphatic rings. The van der Waals surface area contributed by atoms with Gasteiger partial charge in [0.25, 0.3) is 5.91 Å². The fraction of sp³-hybridized carbons (Fsp3) is 0.333. The van der Waals surface area contributed by atoms with Gasteiger partial charge in [0.15, 0.2) is 5.60 Å². The van der Waals surface area contributed by atoms with Crippen LogP contribution in [0.15, 0.2) is 53.6 Å². The van der Waals surface area contributed by atoms with Gasteiger partial charge < -0.3 is 31.3 Å². The highest BCUT2D eigenvalue weighted by molar-refractivity contribution is 6.32. The summed E-state index contributed by atoms with van der Waals surface area (Å²) in [6.45, 7) is 1.82. The second-order valence-corrected chi connectivity index (χ2v) is 10.9. The molecule has 3 aliphatic carbocycles. The van der Waals surface area contributed by atoms with Gasteiger partial charge in [-0.05, 0) is 61.2 Å². The largest absolute Gasteiger partial charge is 0.507 e. The molecule has 2 aromatic carbocycles. The number of nitrogens with two attached hydrogens (primary N) is 1. The van der Waals surface area contributed by atoms with Crippen LogP contribution in [0, 0.1) is 11.8 Å². The van der Waals surface area contributed by atoms with Crippen molar-refractivity contribution in [3.63, 3.8) is 0 Å². The minimum atomic E-state index is -2.58. The number of hydrogen-bond donors (Lipinski definition) is 5. The summed E-state index contributed by atoms with van der Waals surface area (Å²) < 4.78 is 0. The number of amides is 2. The van der Waals surface area contributed by atoms with E-state index in [2.05, 4.69) is 5.32 Å². The smallest absolute Gasteiger partial charge is 0.252 e. The van der Waals surface area contributed by atoms with Crippen molar-refractivity contribution in [2.45, 2.75) is 38.0 Å². The van der Waals surface area contributed by atoms with E-state index in [0.29, 0.717) is 12.1 Å². The average molecular weight is 546 g/mol. The molecule has 10 nitrogen and oxygen atoms in total. The van der Waals surface area contributed by atoms with Gasteiger partial charge in [0.1, 0.15) is 11.5 Å². The van der Waals surface area contributed by atoms with Crippen molar-refractivity contribution in [1.82, 2.24) is 10.2 Å². The van der Waals surface area contributed by atoms with Gasteiger partial charge in [-0.15, -0.1) is 0 Å². The third-order valence-electron chi connectivity index (χ3n) is 8.32. The number of nitrogens with one attached hydrogen (secondary N) is 1. The van der Waals surface area contributed by atoms with Crippen LogP contribution in [0.3, 0.4) is 0 Å². The van der Waals surface area contributed by atoms with Crippen LogP contribution in [0.2, 0.25) is 0 Å². The molecule has 2 amide bonds. The minimum absolute atomic E-state index is 0.0690. The standard InChI is InChI=1S/C30H31N3O7/c1-14(34)32-13-15-4-6-16(7-5-15)18-8-9-23(35)25-19(18)10-17-11-21-22(33(2)3)12-20(29(31)39)27(37)30(21,40)28(38)24(17)26(25)36/h4-9,12,17,21-22,35-36,40H,10-11,13H2,1-3H3,(H2,31,39)(H,32,34)/t17-,21-,22+,30+/m0/s1. The van der Waals surface area contributed by atoms with Crippen LogP contribution in [-0.2, 0) is 32.1 Å². The lowest BCUT2D eigenvalue weighted by atomic mass is 9.57. The molecule has 1 fully saturated rings. The number of hydrogen-bond acceptors (Lipinski definition) is 8. The lowest BCUT2D eigenvalue weighted by molar-refractivity contribution is -0.160. The number of ketones is 2. The van der Waals surface area contributed by atoms with Crippen molar-refractivity contribution in [3.8, 4) is 16.9 Å². The summed E-state index contributed by atoms with van der Waals surface area (Å²) in [7, 11) is 3.43. The predicted octanol–water partition coefficient (Wildman–Crippen LogP) is 1.38. The van der Waals surface area contributed by atoms with Gasteiger partial charge in [0, 0.05) is 31.0 Å². The zero-order chi connectivity index (χ0) is 29.1. The van der Waals surface area contributed by atoms with Crippen LogP contribution >= 0.6 is 0 Å². The first-order valence-electron chi connectivity index (χ1n) is 13.0. The Hall–Kier alpha value is -4.28. The number of nitrogens with zero attached hydrogens (tertiary/aromatic N) is 1. The maximum Gasteiger partial charge on any atom is 0.252 e. The lowest BCUT2D eigenvalue weighted by Gasteiger charge is -2.49. The summed E-state index contributed by atoms with van der Waals surface area (Å²) in [6, 6.07) is 10.0. The van der Waals surface area contributed by atoms with Crippen molar-refractivity contribution in [3.05, 3.63) is 70.3 Å². The number of fused-ring (bicyclic) bond motifs is 3. The quantitative estimate of drug-likeness (QED) is 0.277. The van der Waals surface area contributed by atoms with E-state index in [9.17, 15) is 34.5 Å². The Kier molecular flexibility index (Phi) is 6.63. The van der Waals surface area contributed by atoms with E-state index >= 15 is 0 Å². The fourth-order valence-electron chi connectivity index (χ4n) is 6.36. The van der Waals surface area contributed by atoms with Gasteiger partial charge in [-0.3, -0.25) is 19.2 Å². The minimum Gasteiger partial charge on any atom is -0.507 e. The first-order valence-corrected chi connectivity index (χ1v) is 13.0. The third kappa shape index (κ3) is 4.11. The van der Waals surface area contributed by atoms with Crippen molar-refractivity contribution in [2.24, 2.45) is 17.6 Å². The fourth-order valence-corrected chi connectivity index (χ4v) is 6.36. The van der Waals surface area contributed by atoms with E-state index in [1.54, 1.807) is 25.1 Å². The first kappa shape index (κ1) is 27.3. The van der Waals surface area contributed by atoms with Crippen LogP contribution in [0.1, 0.15) is 30.0 Å². The maximum absolute atomic E-state index is 13.9. The molecule has 0 saturated heterocycles. The van der Waals surface area contributed by atoms with Gasteiger partial charge in [-0.1, -0.05) is 36.4 Å². The van der Waals surface area contributed by atoms with Crippen molar-refractivity contribution in [2.75, 3.05) is 14.1 Å². The number of primary amides is 1. The highest BCUT2D eigenvalue weighted by Crippen LogP contribution is 2.52. The molecule has 4 atom stereocenters. The topological polar surface area (TPSA) is 170 Å². The number of Topliss-reactive ketones (excluding diaryl/α,β-unsaturated/α-hetero) is 2. The van der Waals surface area contributed by atoms with Crippen LogP contribution in [0.4, 0.5) is 0 Å². The summed E-state index contributed by atoms with van der Waals surface area (Å²) in [5.41, 5.74) is 5.41. The Bertz CT molecular complexity index is 1520. The molecular weight excluding hydrogens is 514 g/mol. The summed E-state index contributed by atoms with van der Waals surface area (Å²) >= 11 is 0. The number of likely N-dealkylation sites (N-methyl/N-ethyl adjacent to an activating group) is 1. The Labute approximate surface area is 230 Å². The van der Waals surface area contributed by atoms with Gasteiger partial charge in [-0.25, -0.2) is 0 Å². The summed E-state index contributed by atoms with van der Waals surface area (Å²) in [6.07, 6.45) is 1.84. The third-order valence-corrected chi connectivity index (χ3v) is 8.32. The number of carbonyl (C=O) groups excluding carboxylic acids is 4. The number of aromatic hydroxyl groups is 1. The lowest BCUT2D eigenvalue weighted by Crippen LogP contribution is -2.65. The molecule has 0 heterocycles. The molecule has 40 heavy (non-hydrogen) atoms. The SMILES string of the molecule is CC(=O)NCc1ccc(-c2ccc(O)c3c2C[C@H]2C[C@H]4[C@H](N(C)C)C=C(C(N)=O)C(=O)[C@@]4(O)C(=O)C2=C3O)cc1. The van der Waals surface area contributed by atoms with Gasteiger partial charge in [0.05, 0.1) is 11.1 Å². The van der Waals surface area contributed by atoms with E-state index in [1.165, 1.54) is 19.1 Å². The van der Waals surface area contributed by atoms with Crippen LogP contribution in [-0.4, -0.2) is 69.3 Å². The van der Waals surface area contributed by atoms with E-state index in [-0.39, 0.29) is 35.6 Å². The number of carbonyl (C=O) groups is 4. The van der Waals surface area contributed by atoms with E-state index in [1.807, 2.05) is 24.3 Å². The predicted molar refractivity (Wildman–Crippen MR) is 146 cm³/mol. The van der Waals surface area contributed by atoms with Gasteiger partial charge >= 0.3 is 0 Å². The van der Waals surface area contributed by atoms with Crippen LogP contribution in [0.5, 0.6) is 5.75 Å². The van der Waals surface area contributed by atoms with Crippen molar-refractivity contribution >= 4 is 29.1 Å². The highest BCUT2D eigenvalue weighted by Gasteiger charge is 2.62. The Morgan fingerprint density at radius 1 is 1.07 bits per heavy atom. The molecule has 1 saturated carbocycles. The molecule has 5 rings (SSSR count). The molecular formula is C30H31N3O7. The van der Waals surface area contributed by atoms with Crippen LogP contribution < -0.4 is 11.1 Å². The van der Waals surface area contributed by atoms with Crippen molar-refractivity contribution in [1.29, 1.82) is 0 Å². The number of phenolic OH excluding ortho intramolecular Hbond substituents is 1. The van der Waals surface area contributed by atoms with E-state index in [0.717, 1.165) is 16.7 Å². The number of rotatable bonds is 5. The Balaban J connectivity index is 1.61. The summed E-state index contributed by atoms with van der Waals surface area (Å²) in [5.74, 6) is -5.41.